The molecule has 1 unspecified atom stereocenters. The molecule has 2 aromatic carbocycles. The van der Waals surface area contributed by atoms with Gasteiger partial charge in [0, 0.05) is 30.9 Å². The summed E-state index contributed by atoms with van der Waals surface area (Å²) in [6.45, 7) is 0. The Bertz CT molecular complexity index is 663. The molecule has 7 heteroatoms. The summed E-state index contributed by atoms with van der Waals surface area (Å²) < 4.78 is 10.6. The summed E-state index contributed by atoms with van der Waals surface area (Å²) in [6.07, 6.45) is 0. The van der Waals surface area contributed by atoms with Crippen molar-refractivity contribution in [3.63, 3.8) is 0 Å². The molecular weight excluding hydrogens is 271 g/mol. The summed E-state index contributed by atoms with van der Waals surface area (Å²) >= 11 is 0. The van der Waals surface area contributed by atoms with Gasteiger partial charge in [-0.2, -0.15) is 0 Å². The lowest BCUT2D eigenvalue weighted by molar-refractivity contribution is -0.386. The van der Waals surface area contributed by atoms with Crippen molar-refractivity contribution in [1.82, 2.24) is 0 Å². The molecule has 0 amide bonds. The molecule has 0 fully saturated rings. The third-order valence-corrected chi connectivity index (χ3v) is 2.85. The van der Waals surface area contributed by atoms with Crippen molar-refractivity contribution in [2.45, 2.75) is 6.00 Å². The van der Waals surface area contributed by atoms with Crippen LogP contribution in [-0.2, 0) is 4.74 Å². The van der Waals surface area contributed by atoms with Crippen LogP contribution >= 0.6 is 0 Å². The molecule has 0 saturated heterocycles. The molecule has 2 radical (unpaired) electrons. The Labute approximate surface area is 123 Å². The second-order valence-electron chi connectivity index (χ2n) is 4.31. The molecule has 2 aromatic rings. The van der Waals surface area contributed by atoms with Crippen molar-refractivity contribution in [3.05, 3.63) is 58.1 Å². The number of nitrogens with zero attached hydrogens (tertiary/aromatic N) is 1. The number of hydrogen-bond acceptors (Lipinski definition) is 5. The van der Waals surface area contributed by atoms with Gasteiger partial charge in [0.05, 0.1) is 10.5 Å². The Morgan fingerprint density at radius 3 is 2.57 bits per heavy atom. The van der Waals surface area contributed by atoms with Gasteiger partial charge in [0.2, 0.25) is 0 Å². The van der Waals surface area contributed by atoms with Crippen LogP contribution in [0, 0.1) is 10.1 Å². The van der Waals surface area contributed by atoms with Crippen molar-refractivity contribution in [3.8, 4) is 11.5 Å². The van der Waals surface area contributed by atoms with E-state index >= 15 is 0 Å². The first kappa shape index (κ1) is 14.9. The van der Waals surface area contributed by atoms with Crippen LogP contribution in [0.3, 0.4) is 0 Å². The number of nitrogen functional groups attached to an aromatic ring is 1. The Balaban J connectivity index is 2.35. The van der Waals surface area contributed by atoms with Gasteiger partial charge in [0.1, 0.15) is 19.3 Å². The number of ether oxygens (including phenoxy) is 2. The second-order valence-corrected chi connectivity index (χ2v) is 4.31. The van der Waals surface area contributed by atoms with Crippen LogP contribution in [0.5, 0.6) is 11.5 Å². The van der Waals surface area contributed by atoms with E-state index in [4.69, 9.17) is 23.1 Å². The highest BCUT2D eigenvalue weighted by Crippen LogP contribution is 2.32. The predicted molar refractivity (Wildman–Crippen MR) is 79.5 cm³/mol. The van der Waals surface area contributed by atoms with Gasteiger partial charge in [0.15, 0.2) is 0 Å². The Kier molecular flexibility index (Phi) is 4.44. The minimum absolute atomic E-state index is 0.121. The molecule has 2 N–H and O–H groups in total. The SMILES string of the molecule is [B]C(OC)c1cc(Oc2cccc(N)c2)ccc1[N+](=O)[O-]. The molecule has 0 aliphatic carbocycles. The van der Waals surface area contributed by atoms with E-state index in [1.165, 1.54) is 25.3 Å². The molecule has 2 rings (SSSR count). The molecule has 0 heterocycles. The number of benzene rings is 2. The van der Waals surface area contributed by atoms with Gasteiger partial charge < -0.3 is 15.2 Å². The Hall–Kier alpha value is -2.54. The van der Waals surface area contributed by atoms with Crippen LogP contribution in [0.4, 0.5) is 11.4 Å². The van der Waals surface area contributed by atoms with Crippen molar-refractivity contribution in [2.24, 2.45) is 0 Å². The summed E-state index contributed by atoms with van der Waals surface area (Å²) in [5.41, 5.74) is 6.34. The van der Waals surface area contributed by atoms with Gasteiger partial charge in [-0.1, -0.05) is 6.07 Å². The average Bonchev–Trinajstić information content (AvgIpc) is 2.46. The van der Waals surface area contributed by atoms with E-state index < -0.39 is 10.9 Å². The van der Waals surface area contributed by atoms with E-state index in [-0.39, 0.29) is 11.3 Å². The van der Waals surface area contributed by atoms with Gasteiger partial charge in [-0.15, -0.1) is 0 Å². The molecule has 0 saturated carbocycles. The van der Waals surface area contributed by atoms with E-state index in [2.05, 4.69) is 0 Å². The van der Waals surface area contributed by atoms with E-state index in [0.717, 1.165) is 0 Å². The lowest BCUT2D eigenvalue weighted by atomic mass is 9.91. The maximum Gasteiger partial charge on any atom is 0.274 e. The Morgan fingerprint density at radius 2 is 1.95 bits per heavy atom. The zero-order valence-electron chi connectivity index (χ0n) is 11.4. The van der Waals surface area contributed by atoms with E-state index in [0.29, 0.717) is 17.2 Å². The average molecular weight is 284 g/mol. The van der Waals surface area contributed by atoms with E-state index in [1.54, 1.807) is 24.3 Å². The van der Waals surface area contributed by atoms with E-state index in [1.807, 2.05) is 0 Å². The number of anilines is 1. The quantitative estimate of drug-likeness (QED) is 0.395. The summed E-state index contributed by atoms with van der Waals surface area (Å²) in [6, 6.07) is 10.3. The lowest BCUT2D eigenvalue weighted by Gasteiger charge is -2.13. The summed E-state index contributed by atoms with van der Waals surface area (Å²) in [5, 5.41) is 11.0. The number of hydrogen-bond donors (Lipinski definition) is 1. The van der Waals surface area contributed by atoms with Gasteiger partial charge >= 0.3 is 0 Å². The third-order valence-electron chi connectivity index (χ3n) is 2.85. The third kappa shape index (κ3) is 3.52. The van der Waals surface area contributed by atoms with Crippen LogP contribution in [0.2, 0.25) is 0 Å². The smallest absolute Gasteiger partial charge is 0.274 e. The van der Waals surface area contributed by atoms with Gasteiger partial charge in [0.25, 0.3) is 5.69 Å². The number of methoxy groups -OCH3 is 1. The van der Waals surface area contributed by atoms with Crippen molar-refractivity contribution in [1.29, 1.82) is 0 Å². The lowest BCUT2D eigenvalue weighted by Crippen LogP contribution is -2.05. The summed E-state index contributed by atoms with van der Waals surface area (Å²) in [4.78, 5) is 10.5. The first-order valence-corrected chi connectivity index (χ1v) is 6.11. The van der Waals surface area contributed by atoms with Gasteiger partial charge in [-0.25, -0.2) is 0 Å². The number of nitrogens with two attached hydrogens (primary N) is 1. The number of nitro groups is 1. The standard InChI is InChI=1S/C14H13BN2O4/c1-20-14(15)12-8-11(5-6-13(12)17(18)19)21-10-4-2-3-9(16)7-10/h2-8,14H,16H2,1H3. The molecular formula is C14H13BN2O4. The van der Waals surface area contributed by atoms with Crippen molar-refractivity contribution >= 4 is 19.2 Å². The van der Waals surface area contributed by atoms with Crippen molar-refractivity contribution in [2.75, 3.05) is 12.8 Å². The highest BCUT2D eigenvalue weighted by atomic mass is 16.6. The highest BCUT2D eigenvalue weighted by molar-refractivity contribution is 6.11. The summed E-state index contributed by atoms with van der Waals surface area (Å²) in [7, 11) is 7.09. The fourth-order valence-electron chi connectivity index (χ4n) is 1.83. The molecule has 1 atom stereocenters. The van der Waals surface area contributed by atoms with Crippen LogP contribution in [0.1, 0.15) is 11.6 Å². The molecule has 6 nitrogen and oxygen atoms in total. The maximum absolute atomic E-state index is 11.0. The first-order valence-electron chi connectivity index (χ1n) is 6.11. The largest absolute Gasteiger partial charge is 0.457 e. The Morgan fingerprint density at radius 1 is 1.24 bits per heavy atom. The molecule has 21 heavy (non-hydrogen) atoms. The van der Waals surface area contributed by atoms with Gasteiger partial charge in [-0.05, 0) is 24.3 Å². The van der Waals surface area contributed by atoms with Crippen LogP contribution < -0.4 is 10.5 Å². The molecule has 0 bridgehead atoms. The molecule has 0 aromatic heterocycles. The van der Waals surface area contributed by atoms with Crippen LogP contribution in [0.15, 0.2) is 42.5 Å². The normalized spacial score (nSPS) is 11.9. The van der Waals surface area contributed by atoms with Gasteiger partial charge in [-0.3, -0.25) is 10.1 Å². The molecule has 0 aliphatic heterocycles. The molecule has 0 aliphatic rings. The molecule has 0 spiro atoms. The summed E-state index contributed by atoms with van der Waals surface area (Å²) in [5.74, 6) is 0.939. The fraction of sp³-hybridized carbons (Fsp3) is 0.143. The van der Waals surface area contributed by atoms with E-state index in [9.17, 15) is 10.1 Å². The minimum Gasteiger partial charge on any atom is -0.457 e. The maximum atomic E-state index is 11.0. The number of rotatable bonds is 5. The monoisotopic (exact) mass is 284 g/mol. The van der Waals surface area contributed by atoms with Crippen LogP contribution in [-0.4, -0.2) is 19.9 Å². The zero-order chi connectivity index (χ0) is 15.4. The second kappa shape index (κ2) is 6.28. The van der Waals surface area contributed by atoms with Crippen LogP contribution in [0.25, 0.3) is 0 Å². The van der Waals surface area contributed by atoms with Crippen molar-refractivity contribution < 1.29 is 14.4 Å². The predicted octanol–water partition coefficient (Wildman–Crippen LogP) is 2.78. The first-order chi connectivity index (χ1) is 10.0. The fourth-order valence-corrected chi connectivity index (χ4v) is 1.83. The zero-order valence-corrected chi connectivity index (χ0v) is 11.4. The highest BCUT2D eigenvalue weighted by Gasteiger charge is 2.19. The topological polar surface area (TPSA) is 87.6 Å². The minimum atomic E-state index is -0.908. The molecule has 106 valence electrons. The number of nitro benzene ring substituents is 1.